The van der Waals surface area contributed by atoms with E-state index in [9.17, 15) is 20.0 Å². The molecule has 3 aromatic rings. The lowest BCUT2D eigenvalue weighted by atomic mass is 9.95. The number of carboxylic acid groups (broad SMARTS) is 1. The number of rotatable bonds is 6. The zero-order valence-electron chi connectivity index (χ0n) is 18.6. The maximum Gasteiger partial charge on any atom is 0.339 e. The number of hydrogen-bond donors (Lipinski definition) is 2. The van der Waals surface area contributed by atoms with Crippen LogP contribution < -0.4 is 5.32 Å². The molecule has 0 unspecified atom stereocenters. The molecule has 2 N–H and O–H groups in total. The summed E-state index contributed by atoms with van der Waals surface area (Å²) in [6.07, 6.45) is 5.36. The average molecular weight is 460 g/mol. The van der Waals surface area contributed by atoms with Crippen LogP contribution >= 0.6 is 11.3 Å². The molecular formula is C26H25N3O3S. The van der Waals surface area contributed by atoms with Gasteiger partial charge in [0.2, 0.25) is 0 Å². The smallest absolute Gasteiger partial charge is 0.339 e. The molecule has 0 saturated heterocycles. The predicted molar refractivity (Wildman–Crippen MR) is 129 cm³/mol. The Morgan fingerprint density at radius 3 is 2.64 bits per heavy atom. The Morgan fingerprint density at radius 1 is 1.21 bits per heavy atom. The molecule has 0 atom stereocenters. The van der Waals surface area contributed by atoms with Gasteiger partial charge in [0.1, 0.15) is 16.6 Å². The Kier molecular flexibility index (Phi) is 6.47. The molecule has 0 radical (unpaired) electrons. The van der Waals surface area contributed by atoms with Crippen LogP contribution in [0.2, 0.25) is 0 Å². The summed E-state index contributed by atoms with van der Waals surface area (Å²) in [7, 11) is 0. The van der Waals surface area contributed by atoms with Crippen LogP contribution in [0.5, 0.6) is 0 Å². The number of nitriles is 1. The molecule has 33 heavy (non-hydrogen) atoms. The van der Waals surface area contributed by atoms with Crippen LogP contribution in [0.15, 0.2) is 42.0 Å². The topological polar surface area (TPSA) is 95.1 Å². The minimum Gasteiger partial charge on any atom is -0.478 e. The summed E-state index contributed by atoms with van der Waals surface area (Å²) in [5, 5.41) is 23.1. The largest absolute Gasteiger partial charge is 0.478 e. The van der Waals surface area contributed by atoms with Gasteiger partial charge in [0.25, 0.3) is 5.91 Å². The van der Waals surface area contributed by atoms with E-state index in [1.54, 1.807) is 6.08 Å². The highest BCUT2D eigenvalue weighted by Crippen LogP contribution is 2.38. The number of nitrogens with zero attached hydrogens (tertiary/aromatic N) is 2. The third-order valence-electron chi connectivity index (χ3n) is 6.00. The fourth-order valence-electron chi connectivity index (χ4n) is 4.35. The molecule has 6 nitrogen and oxygen atoms in total. The first-order chi connectivity index (χ1) is 15.9. The van der Waals surface area contributed by atoms with E-state index in [0.717, 1.165) is 58.6 Å². The molecule has 7 heteroatoms. The maximum atomic E-state index is 12.6. The van der Waals surface area contributed by atoms with Crippen molar-refractivity contribution in [3.05, 3.63) is 80.5 Å². The van der Waals surface area contributed by atoms with E-state index in [2.05, 4.69) is 5.32 Å². The Bertz CT molecular complexity index is 1290. The molecule has 1 aromatic carbocycles. The molecule has 2 heterocycles. The van der Waals surface area contributed by atoms with Crippen molar-refractivity contribution in [2.75, 3.05) is 0 Å². The third kappa shape index (κ3) is 4.48. The number of aromatic nitrogens is 1. The van der Waals surface area contributed by atoms with Crippen LogP contribution in [-0.2, 0) is 24.2 Å². The van der Waals surface area contributed by atoms with Crippen LogP contribution in [0.4, 0.5) is 0 Å². The molecular weight excluding hydrogens is 434 g/mol. The number of amides is 1. The van der Waals surface area contributed by atoms with E-state index in [1.807, 2.05) is 60.9 Å². The Morgan fingerprint density at radius 2 is 1.94 bits per heavy atom. The minimum absolute atomic E-state index is 0.00936. The van der Waals surface area contributed by atoms with Crippen LogP contribution in [0.3, 0.4) is 0 Å². The van der Waals surface area contributed by atoms with E-state index >= 15 is 0 Å². The first-order valence-corrected chi connectivity index (χ1v) is 11.7. The fourth-order valence-corrected chi connectivity index (χ4v) is 5.85. The number of hydrogen-bond acceptors (Lipinski definition) is 4. The summed E-state index contributed by atoms with van der Waals surface area (Å²) in [6, 6.07) is 13.4. The van der Waals surface area contributed by atoms with Gasteiger partial charge in [0, 0.05) is 22.8 Å². The first-order valence-electron chi connectivity index (χ1n) is 10.9. The lowest BCUT2D eigenvalue weighted by Gasteiger charge is -2.11. The van der Waals surface area contributed by atoms with Crippen molar-refractivity contribution in [1.29, 1.82) is 5.26 Å². The van der Waals surface area contributed by atoms with Crippen LogP contribution in [0, 0.1) is 25.2 Å². The van der Waals surface area contributed by atoms with Gasteiger partial charge in [-0.15, -0.1) is 11.3 Å². The summed E-state index contributed by atoms with van der Waals surface area (Å²) in [6.45, 7) is 4.14. The van der Waals surface area contributed by atoms with Crippen molar-refractivity contribution >= 4 is 29.3 Å². The van der Waals surface area contributed by atoms with Crippen LogP contribution in [-0.4, -0.2) is 21.6 Å². The molecule has 4 rings (SSSR count). The van der Waals surface area contributed by atoms with Gasteiger partial charge in [-0.05, 0) is 68.4 Å². The van der Waals surface area contributed by atoms with Gasteiger partial charge in [-0.1, -0.05) is 30.3 Å². The number of aromatic carboxylic acids is 1. The number of aryl methyl sites for hydroxylation is 2. The van der Waals surface area contributed by atoms with Crippen molar-refractivity contribution in [3.63, 3.8) is 0 Å². The molecule has 0 fully saturated rings. The summed E-state index contributed by atoms with van der Waals surface area (Å²) in [4.78, 5) is 25.9. The lowest BCUT2D eigenvalue weighted by Crippen LogP contribution is -2.23. The number of fused-ring (bicyclic) bond motifs is 1. The number of benzene rings is 1. The SMILES string of the molecule is Cc1cc(/C=C(/C#N)C(=O)NCc2ccccc2)c(C)n1-c1sc2c(c1C(=O)O)CCCC2. The monoisotopic (exact) mass is 459 g/mol. The van der Waals surface area contributed by atoms with Gasteiger partial charge in [-0.25, -0.2) is 4.79 Å². The summed E-state index contributed by atoms with van der Waals surface area (Å²) in [5.74, 6) is -1.35. The fraction of sp³-hybridized carbons (Fsp3) is 0.269. The predicted octanol–water partition coefficient (Wildman–Crippen LogP) is 4.96. The van der Waals surface area contributed by atoms with Gasteiger partial charge >= 0.3 is 5.97 Å². The van der Waals surface area contributed by atoms with E-state index in [-0.39, 0.29) is 5.57 Å². The maximum absolute atomic E-state index is 12.6. The number of carbonyl (C=O) groups is 2. The highest BCUT2D eigenvalue weighted by Gasteiger charge is 2.27. The number of carboxylic acids is 1. The van der Waals surface area contributed by atoms with E-state index in [0.29, 0.717) is 17.1 Å². The summed E-state index contributed by atoms with van der Waals surface area (Å²) < 4.78 is 1.94. The quantitative estimate of drug-likeness (QED) is 0.402. The van der Waals surface area contributed by atoms with Gasteiger partial charge in [0.05, 0.1) is 5.56 Å². The van der Waals surface area contributed by atoms with Gasteiger partial charge in [0.15, 0.2) is 0 Å². The summed E-state index contributed by atoms with van der Waals surface area (Å²) in [5.41, 5.74) is 4.68. The van der Waals surface area contributed by atoms with Crippen molar-refractivity contribution in [3.8, 4) is 11.1 Å². The standard InChI is InChI=1S/C26H25N3O3S/c1-16-12-19(13-20(14-27)24(30)28-15-18-8-4-3-5-9-18)17(2)29(16)25-23(26(31)32)21-10-6-7-11-22(21)33-25/h3-5,8-9,12-13H,6-7,10-11,15H2,1-2H3,(H,28,30)(H,31,32)/b20-13-. The van der Waals surface area contributed by atoms with E-state index in [4.69, 9.17) is 0 Å². The highest BCUT2D eigenvalue weighted by atomic mass is 32.1. The van der Waals surface area contributed by atoms with Crippen molar-refractivity contribution in [2.45, 2.75) is 46.1 Å². The van der Waals surface area contributed by atoms with Gasteiger partial charge in [-0.3, -0.25) is 4.79 Å². The molecule has 0 bridgehead atoms. The second-order valence-electron chi connectivity index (χ2n) is 8.20. The van der Waals surface area contributed by atoms with Crippen molar-refractivity contribution < 1.29 is 14.7 Å². The first kappa shape index (κ1) is 22.6. The second-order valence-corrected chi connectivity index (χ2v) is 9.28. The Balaban J connectivity index is 1.67. The molecule has 1 aliphatic rings. The Hall–Kier alpha value is -3.63. The van der Waals surface area contributed by atoms with Crippen LogP contribution in [0.25, 0.3) is 11.1 Å². The van der Waals surface area contributed by atoms with E-state index < -0.39 is 11.9 Å². The zero-order valence-corrected chi connectivity index (χ0v) is 19.5. The zero-order chi connectivity index (χ0) is 23.5. The molecule has 0 saturated carbocycles. The minimum atomic E-state index is -0.910. The molecule has 0 aliphatic heterocycles. The summed E-state index contributed by atoms with van der Waals surface area (Å²) >= 11 is 1.54. The highest BCUT2D eigenvalue weighted by molar-refractivity contribution is 7.15. The van der Waals surface area contributed by atoms with Crippen LogP contribution in [0.1, 0.15) is 56.2 Å². The molecule has 0 spiro atoms. The van der Waals surface area contributed by atoms with Gasteiger partial charge in [-0.2, -0.15) is 5.26 Å². The number of carbonyl (C=O) groups excluding carboxylic acids is 1. The number of thiophene rings is 1. The lowest BCUT2D eigenvalue weighted by molar-refractivity contribution is -0.117. The average Bonchev–Trinajstić information content (AvgIpc) is 3.32. The second kappa shape index (κ2) is 9.47. The normalized spacial score (nSPS) is 13.3. The van der Waals surface area contributed by atoms with E-state index in [1.165, 1.54) is 11.3 Å². The van der Waals surface area contributed by atoms with Gasteiger partial charge < -0.3 is 15.0 Å². The molecule has 168 valence electrons. The van der Waals surface area contributed by atoms with Crippen molar-refractivity contribution in [1.82, 2.24) is 9.88 Å². The molecule has 2 aromatic heterocycles. The Labute approximate surface area is 196 Å². The van der Waals surface area contributed by atoms with Crippen molar-refractivity contribution in [2.24, 2.45) is 0 Å². The molecule has 1 aliphatic carbocycles. The third-order valence-corrected chi connectivity index (χ3v) is 7.28. The molecule has 1 amide bonds. The number of nitrogens with one attached hydrogen (secondary N) is 1.